The number of ether oxygens (including phenoxy) is 1. The SMILES string of the molecule is [2H]Cn1cc(C(=O)OCC)c(C(F)F)n1. The molecule has 78 valence electrons. The largest absolute Gasteiger partial charge is 0.462 e. The quantitative estimate of drug-likeness (QED) is 0.703. The van der Waals surface area contributed by atoms with Gasteiger partial charge >= 0.3 is 5.97 Å². The van der Waals surface area contributed by atoms with Crippen LogP contribution < -0.4 is 0 Å². The van der Waals surface area contributed by atoms with Crippen LogP contribution in [0, 0.1) is 0 Å². The fourth-order valence-electron chi connectivity index (χ4n) is 0.964. The van der Waals surface area contributed by atoms with Crippen LogP contribution in [0.2, 0.25) is 0 Å². The van der Waals surface area contributed by atoms with Gasteiger partial charge in [-0.15, -0.1) is 0 Å². The van der Waals surface area contributed by atoms with Crippen LogP contribution in [0.25, 0.3) is 0 Å². The number of hydrogen-bond acceptors (Lipinski definition) is 3. The Hall–Kier alpha value is -1.46. The van der Waals surface area contributed by atoms with E-state index in [4.69, 9.17) is 1.37 Å². The third kappa shape index (κ3) is 2.07. The molecule has 0 atom stereocenters. The zero-order valence-corrected chi connectivity index (χ0v) is 7.54. The molecule has 0 aromatic carbocycles. The van der Waals surface area contributed by atoms with E-state index in [9.17, 15) is 13.6 Å². The average Bonchev–Trinajstić information content (AvgIpc) is 2.61. The molecular formula is C8H10F2N2O2. The van der Waals surface area contributed by atoms with E-state index in [1.807, 2.05) is 0 Å². The summed E-state index contributed by atoms with van der Waals surface area (Å²) in [6, 6.07) is 0. The van der Waals surface area contributed by atoms with Crippen LogP contribution >= 0.6 is 0 Å². The molecule has 0 radical (unpaired) electrons. The zero-order chi connectivity index (χ0) is 11.4. The van der Waals surface area contributed by atoms with E-state index >= 15 is 0 Å². The number of esters is 1. The Labute approximate surface area is 80.9 Å². The van der Waals surface area contributed by atoms with Gasteiger partial charge in [-0.25, -0.2) is 13.6 Å². The monoisotopic (exact) mass is 205 g/mol. The summed E-state index contributed by atoms with van der Waals surface area (Å²) in [5.74, 6) is -0.840. The van der Waals surface area contributed by atoms with Gasteiger partial charge in [-0.1, -0.05) is 0 Å². The molecule has 1 aromatic heterocycles. The Morgan fingerprint density at radius 2 is 2.57 bits per heavy atom. The summed E-state index contributed by atoms with van der Waals surface area (Å²) in [6.07, 6.45) is -1.76. The molecule has 0 spiro atoms. The summed E-state index contributed by atoms with van der Waals surface area (Å²) >= 11 is 0. The molecule has 14 heavy (non-hydrogen) atoms. The smallest absolute Gasteiger partial charge is 0.341 e. The molecule has 1 aromatic rings. The normalized spacial score (nSPS) is 11.6. The molecule has 0 fully saturated rings. The van der Waals surface area contributed by atoms with Crippen molar-refractivity contribution < 1.29 is 19.7 Å². The van der Waals surface area contributed by atoms with Crippen molar-refractivity contribution in [2.75, 3.05) is 6.61 Å². The zero-order valence-electron chi connectivity index (χ0n) is 8.54. The lowest BCUT2D eigenvalue weighted by Gasteiger charge is -2.00. The molecule has 0 amide bonds. The van der Waals surface area contributed by atoms with E-state index < -0.39 is 18.1 Å². The van der Waals surface area contributed by atoms with Gasteiger partial charge in [-0.3, -0.25) is 4.68 Å². The molecule has 0 aliphatic rings. The van der Waals surface area contributed by atoms with Crippen molar-refractivity contribution in [2.24, 2.45) is 7.02 Å². The van der Waals surface area contributed by atoms with E-state index in [1.165, 1.54) is 0 Å². The fourth-order valence-corrected chi connectivity index (χ4v) is 0.964. The maximum atomic E-state index is 12.4. The molecule has 6 heteroatoms. The van der Waals surface area contributed by atoms with E-state index in [2.05, 4.69) is 9.84 Å². The topological polar surface area (TPSA) is 44.1 Å². The summed E-state index contributed by atoms with van der Waals surface area (Å²) in [5.41, 5.74) is -0.917. The van der Waals surface area contributed by atoms with E-state index in [-0.39, 0.29) is 19.2 Å². The highest BCUT2D eigenvalue weighted by molar-refractivity contribution is 5.90. The molecule has 0 aliphatic carbocycles. The van der Waals surface area contributed by atoms with Gasteiger partial charge in [0.1, 0.15) is 11.3 Å². The molecule has 0 saturated heterocycles. The highest BCUT2D eigenvalue weighted by Gasteiger charge is 2.23. The van der Waals surface area contributed by atoms with Gasteiger partial charge in [0.25, 0.3) is 6.43 Å². The van der Waals surface area contributed by atoms with Gasteiger partial charge in [0.2, 0.25) is 0 Å². The number of carbonyl (C=O) groups excluding carboxylic acids is 1. The Morgan fingerprint density at radius 3 is 3.07 bits per heavy atom. The fraction of sp³-hybridized carbons (Fsp3) is 0.500. The highest BCUT2D eigenvalue weighted by Crippen LogP contribution is 2.21. The summed E-state index contributed by atoms with van der Waals surface area (Å²) in [5, 5.41) is 3.41. The van der Waals surface area contributed by atoms with Gasteiger partial charge in [0, 0.05) is 14.6 Å². The molecule has 0 bridgehead atoms. The number of rotatable bonds is 3. The summed E-state index contributed by atoms with van der Waals surface area (Å²) in [6.45, 7) is 1.68. The molecular weight excluding hydrogens is 194 g/mol. The molecule has 0 N–H and O–H groups in total. The predicted molar refractivity (Wildman–Crippen MR) is 44.1 cm³/mol. The van der Waals surface area contributed by atoms with Crippen LogP contribution in [0.1, 0.15) is 30.8 Å². The number of alkyl halides is 2. The minimum atomic E-state index is -2.85. The first-order valence-electron chi connectivity index (χ1n) is 4.62. The second-order valence-corrected chi connectivity index (χ2v) is 2.49. The summed E-state index contributed by atoms with van der Waals surface area (Å²) in [7, 11) is -0.320. The molecule has 1 heterocycles. The number of carbonyl (C=O) groups is 1. The van der Waals surface area contributed by atoms with Crippen LogP contribution in [0.15, 0.2) is 6.20 Å². The highest BCUT2D eigenvalue weighted by atomic mass is 19.3. The third-order valence-electron chi connectivity index (χ3n) is 1.49. The minimum Gasteiger partial charge on any atom is -0.462 e. The number of nitrogens with zero attached hydrogens (tertiary/aromatic N) is 2. The second-order valence-electron chi connectivity index (χ2n) is 2.49. The molecule has 4 nitrogen and oxygen atoms in total. The van der Waals surface area contributed by atoms with Crippen molar-refractivity contribution in [1.82, 2.24) is 9.78 Å². The van der Waals surface area contributed by atoms with Crippen molar-refractivity contribution >= 4 is 5.97 Å². The number of hydrogen-bond donors (Lipinski definition) is 0. The Balaban J connectivity index is 3.03. The van der Waals surface area contributed by atoms with Gasteiger partial charge in [0.15, 0.2) is 0 Å². The number of aryl methyl sites for hydroxylation is 1. The van der Waals surface area contributed by atoms with E-state index in [1.54, 1.807) is 6.92 Å². The van der Waals surface area contributed by atoms with Crippen LogP contribution in [0.4, 0.5) is 8.78 Å². The van der Waals surface area contributed by atoms with Gasteiger partial charge < -0.3 is 4.74 Å². The van der Waals surface area contributed by atoms with Crippen LogP contribution in [-0.2, 0) is 11.8 Å². The molecule has 1 rings (SSSR count). The van der Waals surface area contributed by atoms with Crippen LogP contribution in [-0.4, -0.2) is 22.4 Å². The lowest BCUT2D eigenvalue weighted by atomic mass is 10.2. The number of aromatic nitrogens is 2. The van der Waals surface area contributed by atoms with Crippen molar-refractivity contribution in [1.29, 1.82) is 0 Å². The predicted octanol–water partition coefficient (Wildman–Crippen LogP) is 1.53. The van der Waals surface area contributed by atoms with Gasteiger partial charge in [-0.05, 0) is 6.92 Å². The van der Waals surface area contributed by atoms with E-state index in [0.717, 1.165) is 10.9 Å². The Morgan fingerprint density at radius 1 is 1.86 bits per heavy atom. The maximum absolute atomic E-state index is 12.4. The van der Waals surface area contributed by atoms with E-state index in [0.29, 0.717) is 0 Å². The first kappa shape index (κ1) is 9.11. The van der Waals surface area contributed by atoms with Gasteiger partial charge in [0.05, 0.1) is 6.61 Å². The lowest BCUT2D eigenvalue weighted by molar-refractivity contribution is 0.0515. The van der Waals surface area contributed by atoms with Crippen molar-refractivity contribution in [3.8, 4) is 0 Å². The van der Waals surface area contributed by atoms with Crippen molar-refractivity contribution in [3.63, 3.8) is 0 Å². The number of halogens is 2. The van der Waals surface area contributed by atoms with Crippen LogP contribution in [0.5, 0.6) is 0 Å². The van der Waals surface area contributed by atoms with Gasteiger partial charge in [-0.2, -0.15) is 5.10 Å². The summed E-state index contributed by atoms with van der Waals surface area (Å²) in [4.78, 5) is 11.2. The third-order valence-corrected chi connectivity index (χ3v) is 1.49. The summed E-state index contributed by atoms with van der Waals surface area (Å²) < 4.78 is 37.3. The van der Waals surface area contributed by atoms with Crippen LogP contribution in [0.3, 0.4) is 0 Å². The first-order chi connectivity index (χ1) is 7.10. The minimum absolute atomic E-state index is 0.105. The molecule has 0 saturated carbocycles. The molecule has 0 unspecified atom stereocenters. The molecule has 0 aliphatic heterocycles. The first-order valence-corrected chi connectivity index (χ1v) is 3.92. The Kier molecular flexibility index (Phi) is 2.71. The second kappa shape index (κ2) is 4.17. The standard InChI is InChI=1S/C8H10F2N2O2/c1-3-14-8(13)5-4-12(2)11-6(5)7(9)10/h4,7H,3H2,1-2H3/i2D. The lowest BCUT2D eigenvalue weighted by Crippen LogP contribution is -2.06. The Bertz CT molecular complexity index is 354. The van der Waals surface area contributed by atoms with Crippen molar-refractivity contribution in [3.05, 3.63) is 17.5 Å². The maximum Gasteiger partial charge on any atom is 0.341 e. The average molecular weight is 205 g/mol. The van der Waals surface area contributed by atoms with Crippen molar-refractivity contribution in [2.45, 2.75) is 13.3 Å².